The minimum atomic E-state index is -2.45. The average Bonchev–Trinajstić information content (AvgIpc) is 1.84. The van der Waals surface area contributed by atoms with E-state index in [1.807, 2.05) is 5.32 Å². The molecule has 0 rings (SSSR count). The van der Waals surface area contributed by atoms with Crippen LogP contribution in [0.5, 0.6) is 0 Å². The number of hydrogen-bond acceptors (Lipinski definition) is 5. The lowest BCUT2D eigenvalue weighted by Crippen LogP contribution is -2.57. The maximum absolute atomic E-state index is 10.7. The average molecular weight is 176 g/mol. The molecule has 6 heteroatoms. The number of carbonyl (C=O) groups excluding carboxylic acids is 2. The van der Waals surface area contributed by atoms with E-state index in [0.29, 0.717) is 0 Å². The molecule has 0 aromatic heterocycles. The highest BCUT2D eigenvalue weighted by atomic mass is 16.5. The van der Waals surface area contributed by atoms with Crippen molar-refractivity contribution in [2.24, 2.45) is 0 Å². The van der Waals surface area contributed by atoms with Gasteiger partial charge in [-0.15, -0.1) is 0 Å². The van der Waals surface area contributed by atoms with Crippen molar-refractivity contribution in [1.82, 2.24) is 10.6 Å². The molecule has 0 radical (unpaired) electrons. The van der Waals surface area contributed by atoms with Crippen LogP contribution in [0.25, 0.3) is 0 Å². The molecule has 0 unspecified atom stereocenters. The predicted octanol–water partition coefficient (Wildman–Crippen LogP) is -2.10. The molecule has 6 nitrogen and oxygen atoms in total. The Morgan fingerprint density at radius 3 is 2.25 bits per heavy atom. The zero-order valence-electron chi connectivity index (χ0n) is 6.92. The summed E-state index contributed by atoms with van der Waals surface area (Å²) in [7, 11) is 1.24. The van der Waals surface area contributed by atoms with Crippen LogP contribution in [-0.4, -0.2) is 35.0 Å². The van der Waals surface area contributed by atoms with Crippen molar-refractivity contribution in [2.45, 2.75) is 19.4 Å². The van der Waals surface area contributed by atoms with Gasteiger partial charge in [0.2, 0.25) is 5.91 Å². The molecule has 0 aliphatic rings. The van der Waals surface area contributed by atoms with Gasteiger partial charge in [0.1, 0.15) is 5.78 Å². The van der Waals surface area contributed by atoms with E-state index in [2.05, 4.69) is 0 Å². The summed E-state index contributed by atoms with van der Waals surface area (Å²) in [5.41, 5.74) is 0. The van der Waals surface area contributed by atoms with Crippen molar-refractivity contribution in [3.05, 3.63) is 0 Å². The van der Waals surface area contributed by atoms with Gasteiger partial charge in [0, 0.05) is 0 Å². The fourth-order valence-corrected chi connectivity index (χ4v) is 0.527. The molecule has 0 aromatic carbocycles. The van der Waals surface area contributed by atoms with Gasteiger partial charge in [0.05, 0.1) is 6.42 Å². The Bertz CT molecular complexity index is 190. The second-order valence-corrected chi connectivity index (χ2v) is 2.35. The van der Waals surface area contributed by atoms with E-state index in [9.17, 15) is 9.59 Å². The standard InChI is InChI=1S/C6H12N2O4/c1-4(9)3-5(10)8-6(11,12)7-2/h7,11-12H,3H2,1-2H3,(H,8,10). The van der Waals surface area contributed by atoms with Crippen molar-refractivity contribution in [3.8, 4) is 0 Å². The van der Waals surface area contributed by atoms with Crippen molar-refractivity contribution in [2.75, 3.05) is 7.05 Å². The smallest absolute Gasteiger partial charge is 0.311 e. The monoisotopic (exact) mass is 176 g/mol. The Morgan fingerprint density at radius 2 is 1.92 bits per heavy atom. The van der Waals surface area contributed by atoms with E-state index in [-0.39, 0.29) is 12.2 Å². The molecule has 0 bridgehead atoms. The molecule has 0 aliphatic carbocycles. The highest BCUT2D eigenvalue weighted by Crippen LogP contribution is 1.88. The third-order valence-corrected chi connectivity index (χ3v) is 1.07. The van der Waals surface area contributed by atoms with Gasteiger partial charge < -0.3 is 10.2 Å². The summed E-state index contributed by atoms with van der Waals surface area (Å²) in [6.07, 6.45) is -0.370. The quantitative estimate of drug-likeness (QED) is 0.290. The molecule has 0 spiro atoms. The highest BCUT2D eigenvalue weighted by molar-refractivity contribution is 5.96. The molecular weight excluding hydrogens is 164 g/mol. The summed E-state index contributed by atoms with van der Waals surface area (Å²) >= 11 is 0. The topological polar surface area (TPSA) is 98.7 Å². The first-order valence-electron chi connectivity index (χ1n) is 3.31. The van der Waals surface area contributed by atoms with E-state index in [1.165, 1.54) is 14.0 Å². The van der Waals surface area contributed by atoms with Crippen molar-refractivity contribution < 1.29 is 19.8 Å². The van der Waals surface area contributed by atoms with E-state index in [0.717, 1.165) is 0 Å². The second-order valence-electron chi connectivity index (χ2n) is 2.35. The molecule has 1 amide bonds. The van der Waals surface area contributed by atoms with Crippen LogP contribution in [0.3, 0.4) is 0 Å². The molecule has 0 atom stereocenters. The number of Topliss-reactive ketones (excluding diaryl/α,β-unsaturated/α-hetero) is 1. The van der Waals surface area contributed by atoms with Crippen LogP contribution < -0.4 is 10.6 Å². The summed E-state index contributed by atoms with van der Waals surface area (Å²) < 4.78 is 0. The largest absolute Gasteiger partial charge is 0.336 e. The zero-order valence-corrected chi connectivity index (χ0v) is 6.92. The van der Waals surface area contributed by atoms with Crippen molar-refractivity contribution in [3.63, 3.8) is 0 Å². The zero-order chi connectivity index (χ0) is 9.78. The summed E-state index contributed by atoms with van der Waals surface area (Å²) in [6.45, 7) is 1.23. The molecule has 70 valence electrons. The molecule has 0 aliphatic heterocycles. The van der Waals surface area contributed by atoms with Crippen LogP contribution in [0, 0.1) is 0 Å². The van der Waals surface area contributed by atoms with Gasteiger partial charge in [-0.05, 0) is 14.0 Å². The predicted molar refractivity (Wildman–Crippen MR) is 39.7 cm³/mol. The van der Waals surface area contributed by atoms with E-state index in [4.69, 9.17) is 10.2 Å². The molecule has 12 heavy (non-hydrogen) atoms. The number of nitrogens with one attached hydrogen (secondary N) is 2. The van der Waals surface area contributed by atoms with Gasteiger partial charge in [0.25, 0.3) is 0 Å². The fourth-order valence-electron chi connectivity index (χ4n) is 0.527. The van der Waals surface area contributed by atoms with Crippen molar-refractivity contribution in [1.29, 1.82) is 0 Å². The maximum atomic E-state index is 10.7. The van der Waals surface area contributed by atoms with Gasteiger partial charge in [-0.1, -0.05) is 0 Å². The number of hydrogen-bond donors (Lipinski definition) is 4. The van der Waals surface area contributed by atoms with E-state index in [1.54, 1.807) is 5.32 Å². The van der Waals surface area contributed by atoms with E-state index < -0.39 is 11.9 Å². The number of carbonyl (C=O) groups is 2. The Kier molecular flexibility index (Phi) is 3.81. The maximum Gasteiger partial charge on any atom is 0.311 e. The van der Waals surface area contributed by atoms with Gasteiger partial charge in [0.15, 0.2) is 0 Å². The van der Waals surface area contributed by atoms with Gasteiger partial charge in [-0.3, -0.25) is 20.2 Å². The number of aliphatic hydroxyl groups is 2. The minimum absolute atomic E-state index is 0.348. The first kappa shape index (κ1) is 11.0. The first-order chi connectivity index (χ1) is 5.37. The molecule has 4 N–H and O–H groups in total. The lowest BCUT2D eigenvalue weighted by Gasteiger charge is -2.20. The van der Waals surface area contributed by atoms with Crippen LogP contribution in [0.15, 0.2) is 0 Å². The van der Waals surface area contributed by atoms with Crippen LogP contribution in [0.2, 0.25) is 0 Å². The highest BCUT2D eigenvalue weighted by Gasteiger charge is 2.22. The summed E-state index contributed by atoms with van der Waals surface area (Å²) in [5, 5.41) is 21.4. The number of ketones is 1. The normalized spacial score (nSPS) is 11.0. The lowest BCUT2D eigenvalue weighted by molar-refractivity contribution is -0.206. The fraction of sp³-hybridized carbons (Fsp3) is 0.667. The molecule has 0 aromatic rings. The van der Waals surface area contributed by atoms with Crippen LogP contribution in [-0.2, 0) is 9.59 Å². The number of rotatable bonds is 4. The molecule has 0 saturated carbocycles. The molecule has 0 fully saturated rings. The van der Waals surface area contributed by atoms with Crippen LogP contribution >= 0.6 is 0 Å². The van der Waals surface area contributed by atoms with Crippen LogP contribution in [0.4, 0.5) is 0 Å². The third kappa shape index (κ3) is 4.78. The molecule has 0 heterocycles. The van der Waals surface area contributed by atoms with Gasteiger partial charge in [-0.2, -0.15) is 0 Å². The molecular formula is C6H12N2O4. The Balaban J connectivity index is 3.92. The van der Waals surface area contributed by atoms with Crippen LogP contribution in [0.1, 0.15) is 13.3 Å². The third-order valence-electron chi connectivity index (χ3n) is 1.07. The SMILES string of the molecule is CNC(O)(O)NC(=O)CC(C)=O. The van der Waals surface area contributed by atoms with Gasteiger partial charge in [-0.25, -0.2) is 0 Å². The Morgan fingerprint density at radius 1 is 1.42 bits per heavy atom. The Hall–Kier alpha value is -0.980. The minimum Gasteiger partial charge on any atom is -0.336 e. The van der Waals surface area contributed by atoms with Gasteiger partial charge >= 0.3 is 6.03 Å². The summed E-state index contributed by atoms with van der Waals surface area (Å²) in [6, 6.07) is -2.45. The summed E-state index contributed by atoms with van der Waals surface area (Å²) in [4.78, 5) is 21.1. The first-order valence-corrected chi connectivity index (χ1v) is 3.31. The molecule has 0 saturated heterocycles. The Labute approximate surface area is 69.6 Å². The van der Waals surface area contributed by atoms with E-state index >= 15 is 0 Å². The number of amides is 1. The lowest BCUT2D eigenvalue weighted by atomic mass is 10.3. The van der Waals surface area contributed by atoms with Crippen molar-refractivity contribution >= 4 is 11.7 Å². The summed E-state index contributed by atoms with van der Waals surface area (Å²) in [5.74, 6) is -1.10. The second kappa shape index (κ2) is 4.15.